The summed E-state index contributed by atoms with van der Waals surface area (Å²) in [6, 6.07) is 0. The summed E-state index contributed by atoms with van der Waals surface area (Å²) >= 11 is -2.05. The van der Waals surface area contributed by atoms with Crippen molar-refractivity contribution >= 4 is 17.0 Å². The fourth-order valence-electron chi connectivity index (χ4n) is 0.306. The molecule has 0 aliphatic rings. The molecule has 4 nitrogen and oxygen atoms in total. The van der Waals surface area contributed by atoms with E-state index in [-0.39, 0.29) is 65.5 Å². The topological polar surface area (TPSA) is 77.4 Å². The summed E-state index contributed by atoms with van der Waals surface area (Å²) in [4.78, 5) is 9.76. The molecule has 0 aliphatic heterocycles. The van der Waals surface area contributed by atoms with Crippen LogP contribution in [0.5, 0.6) is 0 Å². The first-order valence-electron chi connectivity index (χ1n) is 2.33. The summed E-state index contributed by atoms with van der Waals surface area (Å²) in [6.07, 6.45) is -0.372. The molecule has 0 aliphatic carbocycles. The molecular weight excluding hydrogens is 190 g/mol. The van der Waals surface area contributed by atoms with Gasteiger partial charge in [0, 0.05) is 12.4 Å². The minimum atomic E-state index is -2.05. The van der Waals surface area contributed by atoms with Crippen LogP contribution >= 0.6 is 0 Å². The molecule has 0 amide bonds. The number of carbonyl (C=O) groups is 1. The summed E-state index contributed by atoms with van der Waals surface area (Å²) < 4.78 is 18.3. The van der Waals surface area contributed by atoms with Gasteiger partial charge in [-0.05, 0) is 6.92 Å². The average molecular weight is 197 g/mol. The molecule has 0 radical (unpaired) electrons. The third kappa shape index (κ3) is 11.6. The van der Waals surface area contributed by atoms with E-state index in [9.17, 15) is 14.1 Å². The molecule has 0 fully saturated rings. The Morgan fingerprint density at radius 2 is 2.00 bits per heavy atom. The molecular formula is C4H7Na2O4S+. The Labute approximate surface area is 112 Å². The largest absolute Gasteiger partial charge is 1.00 e. The molecule has 0 saturated heterocycles. The quantitative estimate of drug-likeness (QED) is 0.360. The van der Waals surface area contributed by atoms with Crippen LogP contribution in [0.15, 0.2) is 0 Å². The third-order valence-corrected chi connectivity index (χ3v) is 1.65. The zero-order chi connectivity index (χ0) is 7.44. The van der Waals surface area contributed by atoms with Crippen LogP contribution in [0.2, 0.25) is 0 Å². The molecule has 0 aromatic heterocycles. The van der Waals surface area contributed by atoms with E-state index in [1.807, 2.05) is 0 Å². The molecule has 7 heteroatoms. The van der Waals surface area contributed by atoms with Crippen LogP contribution < -0.4 is 64.2 Å². The van der Waals surface area contributed by atoms with E-state index in [1.54, 1.807) is 0 Å². The third-order valence-electron chi connectivity index (χ3n) is 0.798. The standard InChI is InChI=1S/C4H8O4S.2Na/c1-3(9(7)8)2-4(5)6;;/h3H,2H2,1H3,(H,5,6)(H,7,8);;/q;2*+1/p-1. The number of rotatable bonds is 3. The van der Waals surface area contributed by atoms with Gasteiger partial charge in [-0.3, -0.25) is 0 Å². The van der Waals surface area contributed by atoms with E-state index in [1.165, 1.54) is 6.92 Å². The van der Waals surface area contributed by atoms with Crippen molar-refractivity contribution in [2.45, 2.75) is 18.6 Å². The molecule has 0 saturated carbocycles. The van der Waals surface area contributed by atoms with E-state index >= 15 is 0 Å². The Bertz CT molecular complexity index is 140. The van der Waals surface area contributed by atoms with Gasteiger partial charge in [0.15, 0.2) is 11.1 Å². The maximum absolute atomic E-state index is 10.1. The Hall–Kier alpha value is 1.58. The van der Waals surface area contributed by atoms with Crippen molar-refractivity contribution in [3.63, 3.8) is 0 Å². The zero-order valence-electron chi connectivity index (χ0n) is 6.86. The van der Waals surface area contributed by atoms with Crippen LogP contribution in [-0.4, -0.2) is 20.0 Å². The number of aliphatic carboxylic acids is 1. The Balaban J connectivity index is -0.000000320. The van der Waals surface area contributed by atoms with Crippen molar-refractivity contribution in [3.8, 4) is 0 Å². The first-order chi connectivity index (χ1) is 4.04. The zero-order valence-corrected chi connectivity index (χ0v) is 11.7. The van der Waals surface area contributed by atoms with E-state index in [2.05, 4.69) is 0 Å². The van der Waals surface area contributed by atoms with Gasteiger partial charge >= 0.3 is 59.1 Å². The number of carbonyl (C=O) groups excluding carboxylic acids is 1. The Morgan fingerprint density at radius 3 is 2.09 bits per heavy atom. The molecule has 0 aromatic carbocycles. The number of hydrogen-bond acceptors (Lipinski definition) is 3. The minimum absolute atomic E-state index is 0. The maximum Gasteiger partial charge on any atom is 1.00 e. The van der Waals surface area contributed by atoms with Crippen molar-refractivity contribution < 1.29 is 77.8 Å². The Morgan fingerprint density at radius 1 is 1.64 bits per heavy atom. The van der Waals surface area contributed by atoms with Crippen LogP contribution in [0.25, 0.3) is 0 Å². The molecule has 54 valence electrons. The smallest absolute Gasteiger partial charge is 0.550 e. The number of carboxylic acid groups (broad SMARTS) is 1. The van der Waals surface area contributed by atoms with Crippen LogP contribution in [0.4, 0.5) is 0 Å². The van der Waals surface area contributed by atoms with Gasteiger partial charge in [-0.1, -0.05) is 0 Å². The second-order valence-electron chi connectivity index (χ2n) is 1.66. The maximum atomic E-state index is 10.1. The van der Waals surface area contributed by atoms with Gasteiger partial charge < -0.3 is 14.5 Å². The first kappa shape index (κ1) is 18.4. The van der Waals surface area contributed by atoms with Gasteiger partial charge in [0.25, 0.3) is 0 Å². The second-order valence-corrected chi connectivity index (χ2v) is 3.02. The summed E-state index contributed by atoms with van der Waals surface area (Å²) in [5.74, 6) is -1.30. The van der Waals surface area contributed by atoms with Crippen LogP contribution in [0.1, 0.15) is 13.3 Å². The molecule has 0 heterocycles. The monoisotopic (exact) mass is 197 g/mol. The van der Waals surface area contributed by atoms with Crippen LogP contribution in [0, 0.1) is 0 Å². The Kier molecular flexibility index (Phi) is 16.2. The first-order valence-corrected chi connectivity index (χ1v) is 3.50. The molecule has 0 bridgehead atoms. The van der Waals surface area contributed by atoms with Gasteiger partial charge in [0.1, 0.15) is 0 Å². The summed E-state index contributed by atoms with van der Waals surface area (Å²) in [6.45, 7) is 1.37. The molecule has 2 atom stereocenters. The predicted octanol–water partition coefficient (Wildman–Crippen LogP) is -7.26. The number of carboxylic acids is 1. The molecule has 0 aromatic rings. The summed E-state index contributed by atoms with van der Waals surface area (Å²) in [7, 11) is 0. The summed E-state index contributed by atoms with van der Waals surface area (Å²) in [5.41, 5.74) is 0. The fourth-order valence-corrected chi connectivity index (χ4v) is 0.585. The van der Waals surface area contributed by atoms with Crippen molar-refractivity contribution in [2.75, 3.05) is 0 Å². The fraction of sp³-hybridized carbons (Fsp3) is 0.750. The number of hydrogen-bond donors (Lipinski definition) is 1. The molecule has 0 rings (SSSR count). The van der Waals surface area contributed by atoms with Crippen molar-refractivity contribution in [3.05, 3.63) is 0 Å². The molecule has 1 N–H and O–H groups in total. The SMILES string of the molecule is CC(CC(=O)[O-])S(=O)O.[Na+].[Na+]. The van der Waals surface area contributed by atoms with Crippen molar-refractivity contribution in [2.24, 2.45) is 0 Å². The minimum Gasteiger partial charge on any atom is -0.550 e. The average Bonchev–Trinajstić information content (AvgIpc) is 1.63. The van der Waals surface area contributed by atoms with E-state index in [4.69, 9.17) is 4.55 Å². The van der Waals surface area contributed by atoms with Crippen LogP contribution in [0.3, 0.4) is 0 Å². The predicted molar refractivity (Wildman–Crippen MR) is 29.9 cm³/mol. The van der Waals surface area contributed by atoms with Crippen molar-refractivity contribution in [1.29, 1.82) is 0 Å². The van der Waals surface area contributed by atoms with Gasteiger partial charge in [0.05, 0.1) is 5.25 Å². The van der Waals surface area contributed by atoms with Gasteiger partial charge in [0.2, 0.25) is 0 Å². The van der Waals surface area contributed by atoms with E-state index < -0.39 is 22.3 Å². The summed E-state index contributed by atoms with van der Waals surface area (Å²) in [5, 5.41) is 9.02. The van der Waals surface area contributed by atoms with Crippen molar-refractivity contribution in [1.82, 2.24) is 0 Å². The van der Waals surface area contributed by atoms with E-state index in [0.29, 0.717) is 0 Å². The normalized spacial score (nSPS) is 13.6. The molecule has 11 heavy (non-hydrogen) atoms. The van der Waals surface area contributed by atoms with E-state index in [0.717, 1.165) is 0 Å². The molecule has 2 unspecified atom stereocenters. The van der Waals surface area contributed by atoms with Gasteiger partial charge in [-0.2, -0.15) is 0 Å². The molecule has 0 spiro atoms. The van der Waals surface area contributed by atoms with Gasteiger partial charge in [-0.15, -0.1) is 0 Å². The second kappa shape index (κ2) is 9.67. The van der Waals surface area contributed by atoms with Crippen LogP contribution in [-0.2, 0) is 15.9 Å². The van der Waals surface area contributed by atoms with Gasteiger partial charge in [-0.25, -0.2) is 4.21 Å².